The zero-order valence-electron chi connectivity index (χ0n) is 10.6. The van der Waals surface area contributed by atoms with E-state index in [2.05, 4.69) is 10.2 Å². The Hall–Kier alpha value is -2.21. The summed E-state index contributed by atoms with van der Waals surface area (Å²) in [6.45, 7) is 0. The summed E-state index contributed by atoms with van der Waals surface area (Å²) in [5.74, 6) is 0.380. The molecular formula is C13H14FN3O2. The van der Waals surface area contributed by atoms with E-state index in [1.165, 1.54) is 20.3 Å². The molecule has 19 heavy (non-hydrogen) atoms. The molecule has 1 unspecified atom stereocenters. The van der Waals surface area contributed by atoms with Crippen molar-refractivity contribution in [1.82, 2.24) is 10.2 Å². The lowest BCUT2D eigenvalue weighted by Crippen LogP contribution is -2.15. The SMILES string of the molecule is COc1ccc(C(N)c2ccc(OC)nn2)c(F)c1. The normalized spacial score (nSPS) is 12.0. The van der Waals surface area contributed by atoms with Gasteiger partial charge in [0.05, 0.1) is 26.0 Å². The highest BCUT2D eigenvalue weighted by molar-refractivity contribution is 5.34. The number of halogens is 1. The molecule has 1 atom stereocenters. The van der Waals surface area contributed by atoms with Crippen LogP contribution in [0.2, 0.25) is 0 Å². The second-order valence-electron chi connectivity index (χ2n) is 3.87. The van der Waals surface area contributed by atoms with Gasteiger partial charge in [-0.25, -0.2) is 4.39 Å². The first-order valence-corrected chi connectivity index (χ1v) is 5.62. The van der Waals surface area contributed by atoms with Crippen molar-refractivity contribution >= 4 is 0 Å². The lowest BCUT2D eigenvalue weighted by molar-refractivity contribution is 0.390. The van der Waals surface area contributed by atoms with Crippen molar-refractivity contribution < 1.29 is 13.9 Å². The predicted octanol–water partition coefficient (Wildman–Crippen LogP) is 1.68. The minimum absolute atomic E-state index is 0.334. The number of rotatable bonds is 4. The third-order valence-corrected chi connectivity index (χ3v) is 2.73. The first-order valence-electron chi connectivity index (χ1n) is 5.62. The third kappa shape index (κ3) is 2.79. The lowest BCUT2D eigenvalue weighted by atomic mass is 10.0. The van der Waals surface area contributed by atoms with Gasteiger partial charge in [0.1, 0.15) is 11.6 Å². The maximum atomic E-state index is 13.9. The summed E-state index contributed by atoms with van der Waals surface area (Å²) in [6.07, 6.45) is 0. The van der Waals surface area contributed by atoms with E-state index in [-0.39, 0.29) is 0 Å². The highest BCUT2D eigenvalue weighted by Gasteiger charge is 2.16. The molecule has 2 rings (SSSR count). The van der Waals surface area contributed by atoms with Crippen LogP contribution in [0.15, 0.2) is 30.3 Å². The van der Waals surface area contributed by atoms with Crippen LogP contribution in [0.3, 0.4) is 0 Å². The molecule has 1 aromatic heterocycles. The highest BCUT2D eigenvalue weighted by Crippen LogP contribution is 2.24. The summed E-state index contributed by atoms with van der Waals surface area (Å²) >= 11 is 0. The fourth-order valence-corrected chi connectivity index (χ4v) is 1.65. The van der Waals surface area contributed by atoms with Crippen molar-refractivity contribution in [1.29, 1.82) is 0 Å². The van der Waals surface area contributed by atoms with Gasteiger partial charge in [-0.15, -0.1) is 10.2 Å². The summed E-state index contributed by atoms with van der Waals surface area (Å²) < 4.78 is 23.7. The number of ether oxygens (including phenoxy) is 2. The second-order valence-corrected chi connectivity index (χ2v) is 3.87. The van der Waals surface area contributed by atoms with Crippen LogP contribution < -0.4 is 15.2 Å². The van der Waals surface area contributed by atoms with E-state index in [1.54, 1.807) is 24.3 Å². The zero-order valence-corrected chi connectivity index (χ0v) is 10.6. The average molecular weight is 263 g/mol. The van der Waals surface area contributed by atoms with Gasteiger partial charge in [0.2, 0.25) is 5.88 Å². The van der Waals surface area contributed by atoms with Crippen molar-refractivity contribution in [2.45, 2.75) is 6.04 Å². The van der Waals surface area contributed by atoms with E-state index < -0.39 is 11.9 Å². The molecule has 0 bridgehead atoms. The molecule has 0 saturated heterocycles. The zero-order chi connectivity index (χ0) is 13.8. The van der Waals surface area contributed by atoms with E-state index in [1.807, 2.05) is 0 Å². The molecule has 0 saturated carbocycles. The molecule has 1 aromatic carbocycles. The van der Waals surface area contributed by atoms with Crippen molar-refractivity contribution in [2.75, 3.05) is 14.2 Å². The van der Waals surface area contributed by atoms with Gasteiger partial charge < -0.3 is 15.2 Å². The number of nitrogens with zero attached hydrogens (tertiary/aromatic N) is 2. The van der Waals surface area contributed by atoms with E-state index in [4.69, 9.17) is 15.2 Å². The summed E-state index contributed by atoms with van der Waals surface area (Å²) in [4.78, 5) is 0. The monoisotopic (exact) mass is 263 g/mol. The molecule has 6 heteroatoms. The van der Waals surface area contributed by atoms with Crippen LogP contribution in [0.4, 0.5) is 4.39 Å². The Morgan fingerprint density at radius 1 is 1.11 bits per heavy atom. The van der Waals surface area contributed by atoms with E-state index >= 15 is 0 Å². The van der Waals surface area contributed by atoms with E-state index in [0.29, 0.717) is 22.9 Å². The van der Waals surface area contributed by atoms with Crippen LogP contribution in [0.5, 0.6) is 11.6 Å². The van der Waals surface area contributed by atoms with Crippen molar-refractivity contribution in [3.05, 3.63) is 47.4 Å². The highest BCUT2D eigenvalue weighted by atomic mass is 19.1. The largest absolute Gasteiger partial charge is 0.497 e. The molecule has 0 amide bonds. The maximum absolute atomic E-state index is 13.9. The van der Waals surface area contributed by atoms with Crippen molar-refractivity contribution in [3.63, 3.8) is 0 Å². The minimum atomic E-state index is -0.690. The number of benzene rings is 1. The predicted molar refractivity (Wildman–Crippen MR) is 67.6 cm³/mol. The van der Waals surface area contributed by atoms with Crippen LogP contribution in [0.1, 0.15) is 17.3 Å². The Labute approximate surface area is 110 Å². The number of methoxy groups -OCH3 is 2. The van der Waals surface area contributed by atoms with Crippen LogP contribution in [-0.2, 0) is 0 Å². The molecule has 0 fully saturated rings. The Bertz CT molecular complexity index is 560. The molecule has 0 radical (unpaired) electrons. The molecule has 2 aromatic rings. The number of aromatic nitrogens is 2. The molecule has 100 valence electrons. The van der Waals surface area contributed by atoms with Gasteiger partial charge in [-0.2, -0.15) is 0 Å². The van der Waals surface area contributed by atoms with Crippen LogP contribution in [-0.4, -0.2) is 24.4 Å². The van der Waals surface area contributed by atoms with Gasteiger partial charge in [0.15, 0.2) is 0 Å². The van der Waals surface area contributed by atoms with Crippen LogP contribution >= 0.6 is 0 Å². The second kappa shape index (κ2) is 5.62. The van der Waals surface area contributed by atoms with Crippen molar-refractivity contribution in [3.8, 4) is 11.6 Å². The van der Waals surface area contributed by atoms with Gasteiger partial charge in [-0.1, -0.05) is 6.07 Å². The van der Waals surface area contributed by atoms with Gasteiger partial charge in [0.25, 0.3) is 0 Å². The topological polar surface area (TPSA) is 70.3 Å². The standard InChI is InChI=1S/C13H14FN3O2/c1-18-8-3-4-9(10(14)7-8)13(15)11-5-6-12(19-2)17-16-11/h3-7,13H,15H2,1-2H3. The van der Waals surface area contributed by atoms with Crippen molar-refractivity contribution in [2.24, 2.45) is 5.73 Å². The lowest BCUT2D eigenvalue weighted by Gasteiger charge is -2.13. The van der Waals surface area contributed by atoms with Gasteiger partial charge >= 0.3 is 0 Å². The first-order chi connectivity index (χ1) is 9.15. The Kier molecular flexibility index (Phi) is 3.91. The van der Waals surface area contributed by atoms with Crippen LogP contribution in [0, 0.1) is 5.82 Å². The minimum Gasteiger partial charge on any atom is -0.497 e. The van der Waals surface area contributed by atoms with E-state index in [0.717, 1.165) is 0 Å². The molecule has 1 heterocycles. The fourth-order valence-electron chi connectivity index (χ4n) is 1.65. The van der Waals surface area contributed by atoms with Gasteiger partial charge in [-0.3, -0.25) is 0 Å². The smallest absolute Gasteiger partial charge is 0.233 e. The molecule has 0 aliphatic heterocycles. The Morgan fingerprint density at radius 2 is 1.89 bits per heavy atom. The van der Waals surface area contributed by atoms with E-state index in [9.17, 15) is 4.39 Å². The molecule has 0 spiro atoms. The average Bonchev–Trinajstić information content (AvgIpc) is 2.46. The maximum Gasteiger partial charge on any atom is 0.233 e. The molecular weight excluding hydrogens is 249 g/mol. The van der Waals surface area contributed by atoms with Gasteiger partial charge in [0, 0.05) is 17.7 Å². The summed E-state index contributed by atoms with van der Waals surface area (Å²) in [6, 6.07) is 7.10. The summed E-state index contributed by atoms with van der Waals surface area (Å²) in [5.41, 5.74) is 6.77. The fraction of sp³-hybridized carbons (Fsp3) is 0.231. The first kappa shape index (κ1) is 13.2. The molecule has 0 aliphatic rings. The van der Waals surface area contributed by atoms with Gasteiger partial charge in [-0.05, 0) is 12.1 Å². The summed E-state index contributed by atoms with van der Waals surface area (Å²) in [5, 5.41) is 7.72. The quantitative estimate of drug-likeness (QED) is 0.908. The number of hydrogen-bond acceptors (Lipinski definition) is 5. The molecule has 2 N–H and O–H groups in total. The molecule has 5 nitrogen and oxygen atoms in total. The summed E-state index contributed by atoms with van der Waals surface area (Å²) in [7, 11) is 2.97. The molecule has 0 aliphatic carbocycles. The van der Waals surface area contributed by atoms with Crippen LogP contribution in [0.25, 0.3) is 0 Å². The number of hydrogen-bond donors (Lipinski definition) is 1. The Balaban J connectivity index is 2.29. The Morgan fingerprint density at radius 3 is 2.42 bits per heavy atom. The number of nitrogens with two attached hydrogens (primary N) is 1. The third-order valence-electron chi connectivity index (χ3n) is 2.73.